The molecule has 3 heterocycles. The smallest absolute Gasteiger partial charge is 0.174 e. The van der Waals surface area contributed by atoms with Gasteiger partial charge in [-0.15, -0.1) is 0 Å². The van der Waals surface area contributed by atoms with Gasteiger partial charge in [-0.2, -0.15) is 0 Å². The van der Waals surface area contributed by atoms with Crippen LogP contribution in [0.5, 0.6) is 0 Å². The van der Waals surface area contributed by atoms with Crippen molar-refractivity contribution in [2.45, 2.75) is 50.7 Å². The molecule has 0 radical (unpaired) electrons. The number of pyridine rings is 1. The third-order valence-electron chi connectivity index (χ3n) is 6.35. The van der Waals surface area contributed by atoms with Crippen LogP contribution in [0.25, 0.3) is 0 Å². The Morgan fingerprint density at radius 1 is 1.10 bits per heavy atom. The summed E-state index contributed by atoms with van der Waals surface area (Å²) in [6.07, 6.45) is 8.96. The van der Waals surface area contributed by atoms with Crippen LogP contribution in [-0.4, -0.2) is 14.7 Å². The summed E-state index contributed by atoms with van der Waals surface area (Å²) in [6, 6.07) is 15.9. The lowest BCUT2D eigenvalue weighted by atomic mass is 10.00. The van der Waals surface area contributed by atoms with Crippen LogP contribution in [0.1, 0.15) is 60.8 Å². The number of hydrogen-bond acceptors (Lipinski definition) is 2. The molecule has 1 aliphatic carbocycles. The molecule has 2 fully saturated rings. The number of aryl methyl sites for hydroxylation is 1. The third-order valence-corrected chi connectivity index (χ3v) is 6.67. The molecule has 3 aromatic rings. The molecule has 0 spiro atoms. The molecule has 2 aliphatic rings. The van der Waals surface area contributed by atoms with Crippen molar-refractivity contribution in [2.24, 2.45) is 0 Å². The molecule has 30 heavy (non-hydrogen) atoms. The Hall–Kier alpha value is -2.73. The highest BCUT2D eigenvalue weighted by molar-refractivity contribution is 7.80. The van der Waals surface area contributed by atoms with Crippen molar-refractivity contribution in [1.82, 2.24) is 14.9 Å². The molecule has 0 bridgehead atoms. The first kappa shape index (κ1) is 19.2. The van der Waals surface area contributed by atoms with Crippen LogP contribution in [0.15, 0.2) is 60.9 Å². The fourth-order valence-corrected chi connectivity index (χ4v) is 5.23. The maximum atomic E-state index is 14.0. The third kappa shape index (κ3) is 3.29. The number of nitrogens with zero attached hydrogens (tertiary/aromatic N) is 3. The Morgan fingerprint density at radius 3 is 2.67 bits per heavy atom. The van der Waals surface area contributed by atoms with Crippen molar-refractivity contribution in [3.05, 3.63) is 83.7 Å². The maximum Gasteiger partial charge on any atom is 0.174 e. The molecular weight excluding hydrogens is 395 g/mol. The van der Waals surface area contributed by atoms with E-state index < -0.39 is 0 Å². The second kappa shape index (κ2) is 7.84. The first-order valence-electron chi connectivity index (χ1n) is 10.6. The van der Waals surface area contributed by atoms with E-state index in [1.165, 1.54) is 37.4 Å². The molecule has 1 aliphatic heterocycles. The number of nitrogens with one attached hydrogen (secondary N) is 1. The monoisotopic (exact) mass is 420 g/mol. The maximum absolute atomic E-state index is 14.0. The average molecular weight is 421 g/mol. The van der Waals surface area contributed by atoms with Gasteiger partial charge in [0.2, 0.25) is 0 Å². The summed E-state index contributed by atoms with van der Waals surface area (Å²) in [5.41, 5.74) is 3.67. The van der Waals surface area contributed by atoms with Crippen LogP contribution >= 0.6 is 12.2 Å². The first-order chi connectivity index (χ1) is 14.6. The Labute approximate surface area is 181 Å². The lowest BCUT2D eigenvalue weighted by molar-refractivity contribution is 0.461. The molecule has 2 aromatic heterocycles. The van der Waals surface area contributed by atoms with Gasteiger partial charge in [0.25, 0.3) is 0 Å². The second-order valence-electron chi connectivity index (χ2n) is 8.21. The Kier molecular flexibility index (Phi) is 5.03. The quantitative estimate of drug-likeness (QED) is 0.555. The summed E-state index contributed by atoms with van der Waals surface area (Å²) in [5.74, 6) is -0.205. The van der Waals surface area contributed by atoms with E-state index in [1.807, 2.05) is 36.5 Å². The Morgan fingerprint density at radius 2 is 1.93 bits per heavy atom. The molecule has 1 N–H and O–H groups in total. The summed E-state index contributed by atoms with van der Waals surface area (Å²) < 4.78 is 16.4. The normalized spacial score (nSPS) is 21.9. The summed E-state index contributed by atoms with van der Waals surface area (Å²) in [6.45, 7) is 1.79. The van der Waals surface area contributed by atoms with Crippen LogP contribution in [0.3, 0.4) is 0 Å². The van der Waals surface area contributed by atoms with Gasteiger partial charge in [-0.05, 0) is 80.0 Å². The topological polar surface area (TPSA) is 33.1 Å². The Balaban J connectivity index is 1.63. The number of rotatable bonds is 4. The van der Waals surface area contributed by atoms with E-state index in [9.17, 15) is 4.39 Å². The first-order valence-corrected chi connectivity index (χ1v) is 11.0. The number of benzene rings is 1. The van der Waals surface area contributed by atoms with Crippen LogP contribution < -0.4 is 10.2 Å². The summed E-state index contributed by atoms with van der Waals surface area (Å²) >= 11 is 5.79. The van der Waals surface area contributed by atoms with Gasteiger partial charge in [0.05, 0.1) is 11.7 Å². The van der Waals surface area contributed by atoms with Crippen molar-refractivity contribution in [2.75, 3.05) is 4.90 Å². The van der Waals surface area contributed by atoms with Crippen molar-refractivity contribution in [3.63, 3.8) is 0 Å². The van der Waals surface area contributed by atoms with E-state index in [0.29, 0.717) is 16.7 Å². The fourth-order valence-electron chi connectivity index (χ4n) is 4.88. The van der Waals surface area contributed by atoms with Gasteiger partial charge in [-0.3, -0.25) is 4.98 Å². The minimum Gasteiger partial charge on any atom is -0.351 e. The standard InChI is InChI=1S/C24H25FN4S/c1-16-15-18(11-12-19(16)25)29-23(21-10-6-14-28(21)17-7-2-3-8-17)22(27-24(29)30)20-9-4-5-13-26-20/h4-6,9-15,17,22-23H,2-3,7-8H2,1H3,(H,27,30)/t22-,23-/m0/s1. The largest absolute Gasteiger partial charge is 0.351 e. The van der Waals surface area contributed by atoms with E-state index >= 15 is 0 Å². The summed E-state index contributed by atoms with van der Waals surface area (Å²) in [7, 11) is 0. The van der Waals surface area contributed by atoms with E-state index in [0.717, 1.165) is 11.4 Å². The van der Waals surface area contributed by atoms with Gasteiger partial charge in [-0.1, -0.05) is 18.9 Å². The molecule has 4 nitrogen and oxygen atoms in total. The SMILES string of the molecule is Cc1cc(N2C(=S)N[C@@H](c3ccccn3)[C@@H]2c2cccn2C2CCCC2)ccc1F. The van der Waals surface area contributed by atoms with Gasteiger partial charge in [-0.25, -0.2) is 4.39 Å². The van der Waals surface area contributed by atoms with E-state index in [1.54, 1.807) is 6.92 Å². The zero-order valence-corrected chi connectivity index (χ0v) is 17.8. The van der Waals surface area contributed by atoms with Crippen LogP contribution in [0, 0.1) is 12.7 Å². The van der Waals surface area contributed by atoms with Crippen LogP contribution in [0.2, 0.25) is 0 Å². The van der Waals surface area contributed by atoms with Crippen LogP contribution in [-0.2, 0) is 0 Å². The van der Waals surface area contributed by atoms with E-state index in [-0.39, 0.29) is 17.9 Å². The molecule has 5 rings (SSSR count). The number of halogens is 1. The van der Waals surface area contributed by atoms with Gasteiger partial charge in [0.1, 0.15) is 11.9 Å². The van der Waals surface area contributed by atoms with E-state index in [4.69, 9.17) is 12.2 Å². The van der Waals surface area contributed by atoms with Gasteiger partial charge < -0.3 is 14.8 Å². The number of anilines is 1. The minimum atomic E-state index is -0.205. The number of hydrogen-bond donors (Lipinski definition) is 1. The highest BCUT2D eigenvalue weighted by Crippen LogP contribution is 2.43. The lowest BCUT2D eigenvalue weighted by Gasteiger charge is -2.30. The lowest BCUT2D eigenvalue weighted by Crippen LogP contribution is -2.30. The minimum absolute atomic E-state index is 0.0622. The highest BCUT2D eigenvalue weighted by Gasteiger charge is 2.42. The number of aromatic nitrogens is 2. The molecule has 1 saturated heterocycles. The molecule has 1 aromatic carbocycles. The molecule has 1 saturated carbocycles. The summed E-state index contributed by atoms with van der Waals surface area (Å²) in [5, 5.41) is 4.14. The molecule has 6 heteroatoms. The molecule has 0 amide bonds. The van der Waals surface area contributed by atoms with Gasteiger partial charge in [0.15, 0.2) is 5.11 Å². The predicted molar refractivity (Wildman–Crippen MR) is 121 cm³/mol. The van der Waals surface area contributed by atoms with Crippen LogP contribution in [0.4, 0.5) is 10.1 Å². The van der Waals surface area contributed by atoms with Crippen molar-refractivity contribution < 1.29 is 4.39 Å². The van der Waals surface area contributed by atoms with Crippen molar-refractivity contribution in [3.8, 4) is 0 Å². The highest BCUT2D eigenvalue weighted by atomic mass is 32.1. The summed E-state index contributed by atoms with van der Waals surface area (Å²) in [4.78, 5) is 6.75. The van der Waals surface area contributed by atoms with E-state index in [2.05, 4.69) is 38.1 Å². The fraction of sp³-hybridized carbons (Fsp3) is 0.333. The number of thiocarbonyl (C=S) groups is 1. The second-order valence-corrected chi connectivity index (χ2v) is 8.60. The Bertz CT molecular complexity index is 1060. The van der Waals surface area contributed by atoms with Gasteiger partial charge in [0, 0.05) is 29.8 Å². The van der Waals surface area contributed by atoms with Crippen molar-refractivity contribution in [1.29, 1.82) is 0 Å². The molecule has 0 unspecified atom stereocenters. The molecular formula is C24H25FN4S. The van der Waals surface area contributed by atoms with Gasteiger partial charge >= 0.3 is 0 Å². The average Bonchev–Trinajstić information content (AvgIpc) is 3.49. The zero-order chi connectivity index (χ0) is 20.7. The molecule has 154 valence electrons. The van der Waals surface area contributed by atoms with Crippen molar-refractivity contribution >= 4 is 23.0 Å². The molecule has 2 atom stereocenters. The zero-order valence-electron chi connectivity index (χ0n) is 17.0. The predicted octanol–water partition coefficient (Wildman–Crippen LogP) is 5.62.